The number of hydrogen-bond donors (Lipinski definition) is 2. The summed E-state index contributed by atoms with van der Waals surface area (Å²) < 4.78 is 4.87. The topological polar surface area (TPSA) is 84.2 Å². The van der Waals surface area contributed by atoms with Gasteiger partial charge in [-0.15, -0.1) is 0 Å². The standard InChI is InChI=1S/C17H19N3O3/c1-11(9-14-7-5-4-6-8-14)16(21)18-13(3)17(22)19-15-10-12(2)23-20-15/h4-10,13H,1-3H3,(H,18,21)(H,19,20,22)/b11-9+/t13-/m0/s1. The first-order valence-corrected chi connectivity index (χ1v) is 7.24. The van der Waals surface area contributed by atoms with Gasteiger partial charge in [0.25, 0.3) is 0 Å². The third-order valence-corrected chi connectivity index (χ3v) is 3.16. The van der Waals surface area contributed by atoms with Gasteiger partial charge in [-0.25, -0.2) is 0 Å². The number of carbonyl (C=O) groups excluding carboxylic acids is 2. The van der Waals surface area contributed by atoms with Crippen molar-refractivity contribution in [2.75, 3.05) is 5.32 Å². The molecule has 120 valence electrons. The van der Waals surface area contributed by atoms with Crippen molar-refractivity contribution in [3.63, 3.8) is 0 Å². The second kappa shape index (κ2) is 7.40. The average molecular weight is 313 g/mol. The van der Waals surface area contributed by atoms with Gasteiger partial charge in [0.1, 0.15) is 11.8 Å². The largest absolute Gasteiger partial charge is 0.360 e. The van der Waals surface area contributed by atoms with Crippen LogP contribution in [0.25, 0.3) is 6.08 Å². The summed E-state index contributed by atoms with van der Waals surface area (Å²) in [5.41, 5.74) is 1.45. The molecule has 2 N–H and O–H groups in total. The maximum atomic E-state index is 12.1. The van der Waals surface area contributed by atoms with Gasteiger partial charge in [0, 0.05) is 11.6 Å². The predicted octanol–water partition coefficient (Wildman–Crippen LogP) is 2.53. The maximum absolute atomic E-state index is 12.1. The molecule has 0 aliphatic carbocycles. The van der Waals surface area contributed by atoms with Gasteiger partial charge < -0.3 is 15.2 Å². The van der Waals surface area contributed by atoms with E-state index in [-0.39, 0.29) is 11.8 Å². The summed E-state index contributed by atoms with van der Waals surface area (Å²) in [5, 5.41) is 8.90. The highest BCUT2D eigenvalue weighted by atomic mass is 16.5. The SMILES string of the molecule is C/C(=C\c1ccccc1)C(=O)N[C@@H](C)C(=O)Nc1cc(C)on1. The molecule has 0 aliphatic rings. The first-order chi connectivity index (χ1) is 11.0. The van der Waals surface area contributed by atoms with Gasteiger partial charge in [0.05, 0.1) is 0 Å². The Balaban J connectivity index is 1.93. The van der Waals surface area contributed by atoms with Crippen LogP contribution < -0.4 is 10.6 Å². The summed E-state index contributed by atoms with van der Waals surface area (Å²) in [7, 11) is 0. The van der Waals surface area contributed by atoms with Crippen molar-refractivity contribution in [2.24, 2.45) is 0 Å². The molecule has 0 spiro atoms. The van der Waals surface area contributed by atoms with Gasteiger partial charge in [0.15, 0.2) is 5.82 Å². The fraction of sp³-hybridized carbons (Fsp3) is 0.235. The van der Waals surface area contributed by atoms with E-state index in [0.717, 1.165) is 5.56 Å². The van der Waals surface area contributed by atoms with E-state index in [4.69, 9.17) is 4.52 Å². The van der Waals surface area contributed by atoms with Gasteiger partial charge in [-0.2, -0.15) is 0 Å². The molecule has 0 saturated carbocycles. The van der Waals surface area contributed by atoms with Gasteiger partial charge >= 0.3 is 0 Å². The second-order valence-electron chi connectivity index (χ2n) is 5.25. The smallest absolute Gasteiger partial charge is 0.247 e. The van der Waals surface area contributed by atoms with Crippen molar-refractivity contribution in [3.8, 4) is 0 Å². The maximum Gasteiger partial charge on any atom is 0.247 e. The van der Waals surface area contributed by atoms with Crippen LogP contribution in [0.3, 0.4) is 0 Å². The molecule has 2 aromatic rings. The Morgan fingerprint density at radius 1 is 1.26 bits per heavy atom. The van der Waals surface area contributed by atoms with Gasteiger partial charge in [-0.3, -0.25) is 9.59 Å². The molecular formula is C17H19N3O3. The Kier molecular flexibility index (Phi) is 5.30. The molecule has 0 radical (unpaired) electrons. The minimum atomic E-state index is -0.696. The molecule has 1 aromatic heterocycles. The van der Waals surface area contributed by atoms with E-state index in [9.17, 15) is 9.59 Å². The van der Waals surface area contributed by atoms with Crippen LogP contribution in [0, 0.1) is 6.92 Å². The quantitative estimate of drug-likeness (QED) is 0.831. The molecule has 23 heavy (non-hydrogen) atoms. The number of benzene rings is 1. The molecule has 0 fully saturated rings. The molecule has 0 aliphatic heterocycles. The molecule has 2 rings (SSSR count). The van der Waals surface area contributed by atoms with Crippen molar-refractivity contribution in [3.05, 3.63) is 53.3 Å². The number of nitrogens with one attached hydrogen (secondary N) is 2. The highest BCUT2D eigenvalue weighted by Crippen LogP contribution is 2.08. The van der Waals surface area contributed by atoms with E-state index in [1.165, 1.54) is 0 Å². The highest BCUT2D eigenvalue weighted by Gasteiger charge is 2.17. The number of rotatable bonds is 5. The molecule has 1 heterocycles. The molecule has 2 amide bonds. The second-order valence-corrected chi connectivity index (χ2v) is 5.25. The summed E-state index contributed by atoms with van der Waals surface area (Å²) in [5.74, 6) is 0.260. The zero-order valence-electron chi connectivity index (χ0n) is 13.3. The van der Waals surface area contributed by atoms with Crippen LogP contribution in [-0.4, -0.2) is 23.0 Å². The lowest BCUT2D eigenvalue weighted by molar-refractivity contribution is -0.123. The zero-order valence-corrected chi connectivity index (χ0v) is 13.3. The lowest BCUT2D eigenvalue weighted by atomic mass is 10.1. The van der Waals surface area contributed by atoms with Crippen molar-refractivity contribution >= 4 is 23.7 Å². The third-order valence-electron chi connectivity index (χ3n) is 3.16. The summed E-state index contributed by atoms with van der Waals surface area (Å²) >= 11 is 0. The summed E-state index contributed by atoms with van der Waals surface area (Å²) in [4.78, 5) is 24.1. The van der Waals surface area contributed by atoms with E-state index in [1.54, 1.807) is 32.9 Å². The van der Waals surface area contributed by atoms with Crippen LogP contribution in [0.1, 0.15) is 25.2 Å². The van der Waals surface area contributed by atoms with Crippen LogP contribution in [0.4, 0.5) is 5.82 Å². The Morgan fingerprint density at radius 3 is 2.57 bits per heavy atom. The van der Waals surface area contributed by atoms with Crippen molar-refractivity contribution in [1.82, 2.24) is 10.5 Å². The minimum Gasteiger partial charge on any atom is -0.360 e. The lowest BCUT2D eigenvalue weighted by Crippen LogP contribution is -2.41. The Bertz CT molecular complexity index is 720. The van der Waals surface area contributed by atoms with Gasteiger partial charge in [-0.1, -0.05) is 35.5 Å². The van der Waals surface area contributed by atoms with Crippen molar-refractivity contribution < 1.29 is 14.1 Å². The Labute approximate surface area is 134 Å². The first-order valence-electron chi connectivity index (χ1n) is 7.24. The number of anilines is 1. The van der Waals surface area contributed by atoms with Crippen LogP contribution in [0.5, 0.6) is 0 Å². The normalized spacial score (nSPS) is 12.6. The van der Waals surface area contributed by atoms with Crippen LogP contribution in [0.15, 0.2) is 46.5 Å². The third kappa shape index (κ3) is 4.81. The van der Waals surface area contributed by atoms with Crippen LogP contribution in [0.2, 0.25) is 0 Å². The number of carbonyl (C=O) groups is 2. The van der Waals surface area contributed by atoms with Gasteiger partial charge in [-0.05, 0) is 32.4 Å². The number of amides is 2. The summed E-state index contributed by atoms with van der Waals surface area (Å²) in [6.45, 7) is 5.04. The average Bonchev–Trinajstić information content (AvgIpc) is 2.93. The lowest BCUT2D eigenvalue weighted by Gasteiger charge is -2.13. The molecule has 6 heteroatoms. The highest BCUT2D eigenvalue weighted by molar-refractivity contribution is 6.02. The number of aryl methyl sites for hydroxylation is 1. The summed E-state index contributed by atoms with van der Waals surface area (Å²) in [6.07, 6.45) is 1.76. The van der Waals surface area contributed by atoms with Crippen molar-refractivity contribution in [1.29, 1.82) is 0 Å². The first kappa shape index (κ1) is 16.5. The van der Waals surface area contributed by atoms with Gasteiger partial charge in [0.2, 0.25) is 11.8 Å². The zero-order chi connectivity index (χ0) is 16.8. The number of aromatic nitrogens is 1. The van der Waals surface area contributed by atoms with Crippen molar-refractivity contribution in [2.45, 2.75) is 26.8 Å². The predicted molar refractivity (Wildman–Crippen MR) is 87.6 cm³/mol. The molecule has 1 aromatic carbocycles. The fourth-order valence-electron chi connectivity index (χ4n) is 1.90. The molecule has 0 bridgehead atoms. The minimum absolute atomic E-state index is 0.298. The molecule has 0 saturated heterocycles. The van der Waals surface area contributed by atoms with E-state index < -0.39 is 6.04 Å². The molecule has 0 unspecified atom stereocenters. The van der Waals surface area contributed by atoms with E-state index >= 15 is 0 Å². The van der Waals surface area contributed by atoms with E-state index in [1.807, 2.05) is 30.3 Å². The van der Waals surface area contributed by atoms with Crippen LogP contribution >= 0.6 is 0 Å². The number of hydrogen-bond acceptors (Lipinski definition) is 4. The summed E-state index contributed by atoms with van der Waals surface area (Å²) in [6, 6.07) is 10.4. The number of nitrogens with zero attached hydrogens (tertiary/aromatic N) is 1. The van der Waals surface area contributed by atoms with Crippen LogP contribution in [-0.2, 0) is 9.59 Å². The van der Waals surface area contributed by atoms with E-state index in [2.05, 4.69) is 15.8 Å². The molecule has 1 atom stereocenters. The molecular weight excluding hydrogens is 294 g/mol. The molecule has 6 nitrogen and oxygen atoms in total. The van der Waals surface area contributed by atoms with E-state index in [0.29, 0.717) is 17.2 Å². The fourth-order valence-corrected chi connectivity index (χ4v) is 1.90. The Hall–Kier alpha value is -2.89. The monoisotopic (exact) mass is 313 g/mol. The Morgan fingerprint density at radius 2 is 1.96 bits per heavy atom.